The van der Waals surface area contributed by atoms with Gasteiger partial charge in [0.05, 0.1) is 0 Å². The summed E-state index contributed by atoms with van der Waals surface area (Å²) in [5.41, 5.74) is 2.64. The molecule has 0 atom stereocenters. The molecule has 1 aromatic rings. The van der Waals surface area contributed by atoms with Gasteiger partial charge in [0, 0.05) is 0 Å². The molecule has 15 heavy (non-hydrogen) atoms. The van der Waals surface area contributed by atoms with Crippen molar-refractivity contribution in [1.82, 2.24) is 0 Å². The Hall–Kier alpha value is -1.50. The third-order valence-corrected chi connectivity index (χ3v) is 2.55. The van der Waals surface area contributed by atoms with E-state index in [9.17, 15) is 0 Å². The highest BCUT2D eigenvalue weighted by atomic mass is 16.5. The van der Waals surface area contributed by atoms with Crippen LogP contribution >= 0.6 is 0 Å². The number of ether oxygens (including phenoxy) is 1. The van der Waals surface area contributed by atoms with Crippen molar-refractivity contribution in [3.8, 4) is 5.75 Å². The largest absolute Gasteiger partial charge is 0.489 e. The van der Waals surface area contributed by atoms with Crippen LogP contribution in [0, 0.1) is 6.92 Å². The molecule has 0 aromatic heterocycles. The summed E-state index contributed by atoms with van der Waals surface area (Å²) < 4.78 is 5.70. The molecule has 1 aromatic carbocycles. The van der Waals surface area contributed by atoms with Gasteiger partial charge in [0.1, 0.15) is 12.4 Å². The molecule has 0 fully saturated rings. The van der Waals surface area contributed by atoms with Gasteiger partial charge in [-0.05, 0) is 37.5 Å². The van der Waals surface area contributed by atoms with Gasteiger partial charge < -0.3 is 4.74 Å². The van der Waals surface area contributed by atoms with Gasteiger partial charge in [-0.3, -0.25) is 0 Å². The number of hydrogen-bond acceptors (Lipinski definition) is 1. The molecule has 0 N–H and O–H groups in total. The van der Waals surface area contributed by atoms with Gasteiger partial charge in [-0.25, -0.2) is 0 Å². The first kappa shape index (κ1) is 10.0. The zero-order valence-corrected chi connectivity index (χ0v) is 9.07. The van der Waals surface area contributed by atoms with Crippen molar-refractivity contribution in [3.63, 3.8) is 0 Å². The maximum Gasteiger partial charge on any atom is 0.119 e. The van der Waals surface area contributed by atoms with Crippen LogP contribution in [0.25, 0.3) is 0 Å². The first-order chi connectivity index (χ1) is 7.34. The minimum atomic E-state index is 0.716. The summed E-state index contributed by atoms with van der Waals surface area (Å²) in [6.45, 7) is 2.80. The Morgan fingerprint density at radius 3 is 2.67 bits per heavy atom. The highest BCUT2D eigenvalue weighted by Gasteiger charge is 2.00. The lowest BCUT2D eigenvalue weighted by Gasteiger charge is -2.10. The summed E-state index contributed by atoms with van der Waals surface area (Å²) in [6.07, 6.45) is 8.72. The van der Waals surface area contributed by atoms with E-state index in [-0.39, 0.29) is 0 Å². The summed E-state index contributed by atoms with van der Waals surface area (Å²) in [5.74, 6) is 0.955. The van der Waals surface area contributed by atoms with Crippen LogP contribution in [0.3, 0.4) is 0 Å². The first-order valence-electron chi connectivity index (χ1n) is 5.38. The molecule has 1 aliphatic carbocycles. The Labute approximate surface area is 91.1 Å². The Morgan fingerprint density at radius 1 is 1.20 bits per heavy atom. The Morgan fingerprint density at radius 2 is 2.00 bits per heavy atom. The highest BCUT2D eigenvalue weighted by Crippen LogP contribution is 2.16. The van der Waals surface area contributed by atoms with Gasteiger partial charge in [-0.15, -0.1) is 0 Å². The predicted molar refractivity (Wildman–Crippen MR) is 63.1 cm³/mol. The van der Waals surface area contributed by atoms with E-state index < -0.39 is 0 Å². The molecule has 0 spiro atoms. The van der Waals surface area contributed by atoms with Gasteiger partial charge in [0.25, 0.3) is 0 Å². The smallest absolute Gasteiger partial charge is 0.119 e. The SMILES string of the molecule is Cc1ccc(OCC2=CC=CCC2)cc1. The summed E-state index contributed by atoms with van der Waals surface area (Å²) in [5, 5.41) is 0. The maximum atomic E-state index is 5.70. The molecule has 1 nitrogen and oxygen atoms in total. The minimum Gasteiger partial charge on any atom is -0.489 e. The van der Waals surface area contributed by atoms with Crippen molar-refractivity contribution in [2.45, 2.75) is 19.8 Å². The molecule has 0 saturated carbocycles. The van der Waals surface area contributed by atoms with Crippen molar-refractivity contribution < 1.29 is 4.74 Å². The standard InChI is InChI=1S/C14H16O/c1-12-7-9-14(10-8-12)15-11-13-5-3-2-4-6-13/h2-3,5,7-10H,4,6,11H2,1H3. The highest BCUT2D eigenvalue weighted by molar-refractivity contribution is 5.27. The van der Waals surface area contributed by atoms with Gasteiger partial charge in [-0.1, -0.05) is 35.9 Å². The average Bonchev–Trinajstić information content (AvgIpc) is 2.30. The molecule has 1 heteroatoms. The molecule has 0 aliphatic heterocycles. The summed E-state index contributed by atoms with van der Waals surface area (Å²) in [6, 6.07) is 8.19. The van der Waals surface area contributed by atoms with Crippen molar-refractivity contribution in [2.24, 2.45) is 0 Å². The lowest BCUT2D eigenvalue weighted by molar-refractivity contribution is 0.347. The first-order valence-corrected chi connectivity index (χ1v) is 5.38. The molecule has 2 rings (SSSR count). The van der Waals surface area contributed by atoms with Crippen LogP contribution in [0.4, 0.5) is 0 Å². The number of allylic oxidation sites excluding steroid dienone is 3. The van der Waals surface area contributed by atoms with E-state index in [0.717, 1.165) is 18.6 Å². The topological polar surface area (TPSA) is 9.23 Å². The Kier molecular flexibility index (Phi) is 3.23. The van der Waals surface area contributed by atoms with Crippen LogP contribution in [0.15, 0.2) is 48.1 Å². The number of hydrogen-bond donors (Lipinski definition) is 0. The monoisotopic (exact) mass is 200 g/mol. The van der Waals surface area contributed by atoms with E-state index in [1.54, 1.807) is 0 Å². The summed E-state index contributed by atoms with van der Waals surface area (Å²) >= 11 is 0. The van der Waals surface area contributed by atoms with E-state index in [1.807, 2.05) is 12.1 Å². The van der Waals surface area contributed by atoms with E-state index in [2.05, 4.69) is 37.3 Å². The molecule has 0 heterocycles. The molecule has 0 bridgehead atoms. The second-order valence-electron chi connectivity index (χ2n) is 3.89. The number of rotatable bonds is 3. The zero-order valence-electron chi connectivity index (χ0n) is 9.07. The van der Waals surface area contributed by atoms with Crippen LogP contribution in [0.1, 0.15) is 18.4 Å². The fourth-order valence-electron chi connectivity index (χ4n) is 1.58. The lowest BCUT2D eigenvalue weighted by Crippen LogP contribution is -2.02. The molecule has 0 saturated heterocycles. The van der Waals surface area contributed by atoms with Crippen LogP contribution in [0.5, 0.6) is 5.75 Å². The van der Waals surface area contributed by atoms with E-state index >= 15 is 0 Å². The van der Waals surface area contributed by atoms with Crippen molar-refractivity contribution >= 4 is 0 Å². The van der Waals surface area contributed by atoms with Crippen molar-refractivity contribution in [2.75, 3.05) is 6.61 Å². The minimum absolute atomic E-state index is 0.716. The average molecular weight is 200 g/mol. The molecule has 0 radical (unpaired) electrons. The quantitative estimate of drug-likeness (QED) is 0.723. The Bertz CT molecular complexity index is 371. The van der Waals surface area contributed by atoms with Gasteiger partial charge in [-0.2, -0.15) is 0 Å². The molecular weight excluding hydrogens is 184 g/mol. The summed E-state index contributed by atoms with van der Waals surface area (Å²) in [4.78, 5) is 0. The molecule has 0 amide bonds. The van der Waals surface area contributed by atoms with Crippen LogP contribution in [0.2, 0.25) is 0 Å². The van der Waals surface area contributed by atoms with Crippen molar-refractivity contribution in [3.05, 3.63) is 53.6 Å². The van der Waals surface area contributed by atoms with Gasteiger partial charge >= 0.3 is 0 Å². The summed E-state index contributed by atoms with van der Waals surface area (Å²) in [7, 11) is 0. The fourth-order valence-corrected chi connectivity index (χ4v) is 1.58. The molecule has 0 unspecified atom stereocenters. The zero-order chi connectivity index (χ0) is 10.5. The van der Waals surface area contributed by atoms with Crippen molar-refractivity contribution in [1.29, 1.82) is 0 Å². The normalized spacial score (nSPS) is 14.9. The molecule has 1 aliphatic rings. The third kappa shape index (κ3) is 2.98. The molecule has 78 valence electrons. The second-order valence-corrected chi connectivity index (χ2v) is 3.89. The van der Waals surface area contributed by atoms with Crippen LogP contribution in [-0.2, 0) is 0 Å². The molecular formula is C14H16O. The number of aryl methyl sites for hydroxylation is 1. The van der Waals surface area contributed by atoms with E-state index in [4.69, 9.17) is 4.74 Å². The predicted octanol–water partition coefficient (Wildman–Crippen LogP) is 3.65. The van der Waals surface area contributed by atoms with Crippen LogP contribution < -0.4 is 4.74 Å². The lowest BCUT2D eigenvalue weighted by atomic mass is 10.1. The fraction of sp³-hybridized carbons (Fsp3) is 0.286. The Balaban J connectivity index is 1.90. The number of benzene rings is 1. The second kappa shape index (κ2) is 4.83. The van der Waals surface area contributed by atoms with E-state index in [0.29, 0.717) is 6.61 Å². The van der Waals surface area contributed by atoms with Gasteiger partial charge in [0.15, 0.2) is 0 Å². The van der Waals surface area contributed by atoms with Gasteiger partial charge in [0.2, 0.25) is 0 Å². The third-order valence-electron chi connectivity index (χ3n) is 2.55. The van der Waals surface area contributed by atoms with Crippen LogP contribution in [-0.4, -0.2) is 6.61 Å². The van der Waals surface area contributed by atoms with E-state index in [1.165, 1.54) is 11.1 Å². The maximum absolute atomic E-state index is 5.70.